The normalized spacial score (nSPS) is 27.9. The molecule has 2 fully saturated rings. The lowest BCUT2D eigenvalue weighted by molar-refractivity contribution is -0.144. The van der Waals surface area contributed by atoms with E-state index in [4.69, 9.17) is 0 Å². The van der Waals surface area contributed by atoms with Crippen LogP contribution in [-0.2, 0) is 6.54 Å². The highest BCUT2D eigenvalue weighted by molar-refractivity contribution is 5.15. The maximum absolute atomic E-state index is 12.4. The molecule has 5 heteroatoms. The average molecular weight is 284 g/mol. The van der Waals surface area contributed by atoms with E-state index in [1.165, 1.54) is 5.56 Å². The molecule has 0 bridgehead atoms. The number of alkyl halides is 3. The van der Waals surface area contributed by atoms with Crippen LogP contribution in [0.3, 0.4) is 0 Å². The van der Waals surface area contributed by atoms with E-state index in [2.05, 4.69) is 17.0 Å². The molecule has 1 aromatic rings. The number of fused-ring (bicyclic) bond motifs is 1. The smallest absolute Gasteiger partial charge is 0.298 e. The average Bonchev–Trinajstić information content (AvgIpc) is 2.85. The summed E-state index contributed by atoms with van der Waals surface area (Å²) in [6.07, 6.45) is -4.07. The first-order chi connectivity index (χ1) is 9.49. The Bertz CT molecular complexity index is 432. The van der Waals surface area contributed by atoms with Gasteiger partial charge in [-0.25, -0.2) is 0 Å². The van der Waals surface area contributed by atoms with Crippen molar-refractivity contribution in [3.63, 3.8) is 0 Å². The summed E-state index contributed by atoms with van der Waals surface area (Å²) in [4.78, 5) is 3.94. The highest BCUT2D eigenvalue weighted by Gasteiger charge is 2.43. The molecular weight excluding hydrogens is 265 g/mol. The maximum atomic E-state index is 12.4. The molecule has 0 saturated carbocycles. The van der Waals surface area contributed by atoms with Crippen molar-refractivity contribution in [3.05, 3.63) is 35.9 Å². The molecule has 0 amide bonds. The molecule has 2 aliphatic rings. The van der Waals surface area contributed by atoms with Gasteiger partial charge in [0.1, 0.15) is 0 Å². The minimum atomic E-state index is -4.07. The van der Waals surface area contributed by atoms with E-state index in [0.29, 0.717) is 24.9 Å². The Kier molecular flexibility index (Phi) is 3.73. The molecule has 2 aliphatic heterocycles. The monoisotopic (exact) mass is 284 g/mol. The maximum Gasteiger partial charge on any atom is 0.401 e. The third-order valence-corrected chi connectivity index (χ3v) is 4.29. The molecule has 20 heavy (non-hydrogen) atoms. The molecular formula is C15H19F3N2. The zero-order valence-electron chi connectivity index (χ0n) is 11.3. The Hall–Kier alpha value is -1.07. The van der Waals surface area contributed by atoms with Gasteiger partial charge in [0.2, 0.25) is 0 Å². The predicted molar refractivity (Wildman–Crippen MR) is 71.2 cm³/mol. The highest BCUT2D eigenvalue weighted by atomic mass is 19.4. The predicted octanol–water partition coefficient (Wildman–Crippen LogP) is 2.61. The quantitative estimate of drug-likeness (QED) is 0.842. The minimum absolute atomic E-state index is 0.404. The van der Waals surface area contributed by atoms with Gasteiger partial charge in [0.05, 0.1) is 6.54 Å². The fraction of sp³-hybridized carbons (Fsp3) is 0.600. The Labute approximate surface area is 117 Å². The van der Waals surface area contributed by atoms with E-state index in [9.17, 15) is 13.2 Å². The van der Waals surface area contributed by atoms with Crippen LogP contribution >= 0.6 is 0 Å². The molecule has 2 heterocycles. The molecule has 2 nitrogen and oxygen atoms in total. The van der Waals surface area contributed by atoms with Crippen LogP contribution in [0.15, 0.2) is 30.3 Å². The zero-order valence-corrected chi connectivity index (χ0v) is 11.3. The van der Waals surface area contributed by atoms with Crippen molar-refractivity contribution in [1.82, 2.24) is 9.80 Å². The second-order valence-corrected chi connectivity index (χ2v) is 6.01. The van der Waals surface area contributed by atoms with Gasteiger partial charge in [-0.3, -0.25) is 9.80 Å². The summed E-state index contributed by atoms with van der Waals surface area (Å²) in [5.41, 5.74) is 1.28. The molecule has 0 aliphatic carbocycles. The Balaban J connectivity index is 1.51. The Morgan fingerprint density at radius 3 is 2.00 bits per heavy atom. The summed E-state index contributed by atoms with van der Waals surface area (Å²) >= 11 is 0. The van der Waals surface area contributed by atoms with E-state index in [0.717, 1.165) is 19.6 Å². The van der Waals surface area contributed by atoms with Gasteiger partial charge in [-0.2, -0.15) is 13.2 Å². The minimum Gasteiger partial charge on any atom is -0.298 e. The number of nitrogens with zero attached hydrogens (tertiary/aromatic N) is 2. The van der Waals surface area contributed by atoms with E-state index in [-0.39, 0.29) is 0 Å². The highest BCUT2D eigenvalue weighted by Crippen LogP contribution is 2.33. The third kappa shape index (κ3) is 3.33. The molecule has 1 aromatic carbocycles. The van der Waals surface area contributed by atoms with Crippen LogP contribution < -0.4 is 0 Å². The Morgan fingerprint density at radius 1 is 0.900 bits per heavy atom. The molecule has 0 radical (unpaired) electrons. The summed E-state index contributed by atoms with van der Waals surface area (Å²) in [6, 6.07) is 10.2. The fourth-order valence-corrected chi connectivity index (χ4v) is 3.54. The number of benzene rings is 1. The molecule has 110 valence electrons. The van der Waals surface area contributed by atoms with Crippen LogP contribution in [0.25, 0.3) is 0 Å². The lowest BCUT2D eigenvalue weighted by Crippen LogP contribution is -2.35. The number of hydrogen-bond acceptors (Lipinski definition) is 2. The number of rotatable bonds is 3. The Morgan fingerprint density at radius 2 is 1.45 bits per heavy atom. The van der Waals surface area contributed by atoms with Gasteiger partial charge in [0.15, 0.2) is 0 Å². The molecule has 0 aromatic heterocycles. The van der Waals surface area contributed by atoms with Crippen molar-refractivity contribution in [2.45, 2.75) is 12.7 Å². The van der Waals surface area contributed by atoms with E-state index in [1.807, 2.05) is 18.2 Å². The second-order valence-electron chi connectivity index (χ2n) is 6.01. The fourth-order valence-electron chi connectivity index (χ4n) is 3.54. The van der Waals surface area contributed by atoms with Gasteiger partial charge >= 0.3 is 6.18 Å². The zero-order chi connectivity index (χ0) is 14.2. The molecule has 0 unspecified atom stereocenters. The van der Waals surface area contributed by atoms with Crippen molar-refractivity contribution < 1.29 is 13.2 Å². The molecule has 0 N–H and O–H groups in total. The first-order valence-electron chi connectivity index (χ1n) is 7.05. The molecule has 0 spiro atoms. The molecule has 2 saturated heterocycles. The summed E-state index contributed by atoms with van der Waals surface area (Å²) in [7, 11) is 0. The van der Waals surface area contributed by atoms with Gasteiger partial charge in [0, 0.05) is 32.7 Å². The summed E-state index contributed by atoms with van der Waals surface area (Å²) in [6.45, 7) is 3.19. The molecule has 3 rings (SSSR count). The van der Waals surface area contributed by atoms with Crippen molar-refractivity contribution in [2.75, 3.05) is 32.7 Å². The lowest BCUT2D eigenvalue weighted by atomic mass is 10.0. The number of likely N-dealkylation sites (tertiary alicyclic amines) is 2. The van der Waals surface area contributed by atoms with Gasteiger partial charge in [-0.1, -0.05) is 30.3 Å². The van der Waals surface area contributed by atoms with Gasteiger partial charge in [0.25, 0.3) is 0 Å². The number of hydrogen-bond donors (Lipinski definition) is 0. The van der Waals surface area contributed by atoms with Crippen LogP contribution in [0.1, 0.15) is 5.56 Å². The third-order valence-electron chi connectivity index (χ3n) is 4.29. The first kappa shape index (κ1) is 13.9. The molecule has 2 atom stereocenters. The van der Waals surface area contributed by atoms with Crippen LogP contribution in [0.2, 0.25) is 0 Å². The van der Waals surface area contributed by atoms with Gasteiger partial charge in [-0.15, -0.1) is 0 Å². The van der Waals surface area contributed by atoms with E-state index in [1.54, 1.807) is 4.90 Å². The van der Waals surface area contributed by atoms with Crippen molar-refractivity contribution in [2.24, 2.45) is 11.8 Å². The SMILES string of the molecule is FC(F)(F)CN1C[C@H]2CN(Cc3ccccc3)C[C@H]2C1. The van der Waals surface area contributed by atoms with E-state index >= 15 is 0 Å². The lowest BCUT2D eigenvalue weighted by Gasteiger charge is -2.22. The largest absolute Gasteiger partial charge is 0.401 e. The van der Waals surface area contributed by atoms with E-state index < -0.39 is 12.7 Å². The standard InChI is InChI=1S/C15H19F3N2/c16-15(17,18)11-20-9-13-7-19(8-14(13)10-20)6-12-4-2-1-3-5-12/h1-5,13-14H,6-11H2/t13-,14+. The van der Waals surface area contributed by atoms with Crippen LogP contribution in [0, 0.1) is 11.8 Å². The van der Waals surface area contributed by atoms with Crippen LogP contribution in [0.5, 0.6) is 0 Å². The van der Waals surface area contributed by atoms with Gasteiger partial charge in [-0.05, 0) is 17.4 Å². The van der Waals surface area contributed by atoms with Crippen molar-refractivity contribution >= 4 is 0 Å². The topological polar surface area (TPSA) is 6.48 Å². The van der Waals surface area contributed by atoms with Crippen LogP contribution in [0.4, 0.5) is 13.2 Å². The first-order valence-corrected chi connectivity index (χ1v) is 7.05. The number of halogens is 3. The summed E-state index contributed by atoms with van der Waals surface area (Å²) in [5.74, 6) is 0.808. The summed E-state index contributed by atoms with van der Waals surface area (Å²) < 4.78 is 37.2. The van der Waals surface area contributed by atoms with Gasteiger partial charge < -0.3 is 0 Å². The summed E-state index contributed by atoms with van der Waals surface area (Å²) in [5, 5.41) is 0. The second kappa shape index (κ2) is 5.37. The van der Waals surface area contributed by atoms with Crippen molar-refractivity contribution in [1.29, 1.82) is 0 Å². The van der Waals surface area contributed by atoms with Crippen molar-refractivity contribution in [3.8, 4) is 0 Å². The van der Waals surface area contributed by atoms with Crippen LogP contribution in [-0.4, -0.2) is 48.7 Å².